The Morgan fingerprint density at radius 1 is 0.491 bits per heavy atom. The van der Waals surface area contributed by atoms with Gasteiger partial charge in [0.05, 0.1) is 13.2 Å². The number of aliphatic hydroxyl groups is 2. The Hall–Kier alpha value is -0.283. The van der Waals surface area contributed by atoms with Gasteiger partial charge in [-0.15, -0.1) is 0 Å². The van der Waals surface area contributed by atoms with Gasteiger partial charge in [0.15, 0.2) is 0 Å². The topological polar surface area (TPSA) is 71.4 Å². The Morgan fingerprint density at radius 3 is 1.51 bits per heavy atom. The third-order valence-electron chi connectivity index (χ3n) is 11.9. The zero-order valence-corrected chi connectivity index (χ0v) is 40.9. The second-order valence-electron chi connectivity index (χ2n) is 19.0. The molecule has 0 fully saturated rings. The van der Waals surface area contributed by atoms with Crippen molar-refractivity contribution in [2.75, 3.05) is 46.1 Å². The van der Waals surface area contributed by atoms with E-state index in [4.69, 9.17) is 13.6 Å². The smallest absolute Gasteiger partial charge is 0.333 e. The van der Waals surface area contributed by atoms with E-state index in [-0.39, 0.29) is 19.5 Å². The fourth-order valence-electron chi connectivity index (χ4n) is 7.97. The Balaban J connectivity index is 4.56. The summed E-state index contributed by atoms with van der Waals surface area (Å²) in [6, 6.07) is 0. The molecule has 342 valence electrons. The maximum atomic E-state index is 9.24. The number of unbranched alkanes of at least 4 members (excludes halogenated alkanes) is 14. The summed E-state index contributed by atoms with van der Waals surface area (Å²) in [7, 11) is -2.32. The molecule has 0 rings (SSSR count). The molecule has 4 unspecified atom stereocenters. The van der Waals surface area contributed by atoms with Crippen molar-refractivity contribution in [2.24, 2.45) is 23.7 Å². The van der Waals surface area contributed by atoms with Crippen LogP contribution in [0.2, 0.25) is 13.1 Å². The fraction of sp³-hybridized carbons (Fsp3) is 0.960. The molecule has 0 aromatic rings. The summed E-state index contributed by atoms with van der Waals surface area (Å²) in [4.78, 5) is 2.14. The Morgan fingerprint density at radius 2 is 0.965 bits per heavy atom. The molecule has 6 nitrogen and oxygen atoms in total. The van der Waals surface area contributed by atoms with Crippen molar-refractivity contribution < 1.29 is 23.8 Å². The van der Waals surface area contributed by atoms with Gasteiger partial charge in [-0.1, -0.05) is 176 Å². The van der Waals surface area contributed by atoms with Gasteiger partial charge in [0.2, 0.25) is 0 Å². The van der Waals surface area contributed by atoms with Gasteiger partial charge in [0.25, 0.3) is 0 Å². The quantitative estimate of drug-likeness (QED) is 0.0276. The molecule has 57 heavy (non-hydrogen) atoms. The molecule has 0 spiro atoms. The van der Waals surface area contributed by atoms with E-state index < -0.39 is 8.56 Å². The van der Waals surface area contributed by atoms with Crippen LogP contribution in [0.5, 0.6) is 0 Å². The lowest BCUT2D eigenvalue weighted by atomic mass is 9.91. The number of rotatable bonds is 45. The van der Waals surface area contributed by atoms with E-state index >= 15 is 0 Å². The number of aliphatic hydroxyl groups excluding tert-OH is 2. The Bertz CT molecular complexity index is 836. The van der Waals surface area contributed by atoms with Crippen LogP contribution in [-0.4, -0.2) is 76.0 Å². The van der Waals surface area contributed by atoms with Crippen LogP contribution >= 0.6 is 0 Å². The molecule has 2 N–H and O–H groups in total. The van der Waals surface area contributed by atoms with Gasteiger partial charge in [0, 0.05) is 26.3 Å². The maximum absolute atomic E-state index is 9.24. The lowest BCUT2D eigenvalue weighted by molar-refractivity contribution is -0.106. The minimum Gasteiger partial charge on any atom is -0.395 e. The van der Waals surface area contributed by atoms with E-state index in [0.29, 0.717) is 19.0 Å². The van der Waals surface area contributed by atoms with E-state index in [1.165, 1.54) is 135 Å². The molecule has 0 heterocycles. The van der Waals surface area contributed by atoms with Crippen LogP contribution in [0.3, 0.4) is 0 Å². The highest BCUT2D eigenvalue weighted by molar-refractivity contribution is 6.64. The van der Waals surface area contributed by atoms with E-state index in [0.717, 1.165) is 82.5 Å². The summed E-state index contributed by atoms with van der Waals surface area (Å²) in [5.74, 6) is 3.25. The summed E-state index contributed by atoms with van der Waals surface area (Å²) < 4.78 is 19.6. The van der Waals surface area contributed by atoms with Crippen LogP contribution in [0.4, 0.5) is 0 Å². The Labute approximate surface area is 358 Å². The highest BCUT2D eigenvalue weighted by Gasteiger charge is 2.29. The van der Waals surface area contributed by atoms with Gasteiger partial charge in [-0.2, -0.15) is 0 Å². The van der Waals surface area contributed by atoms with Crippen molar-refractivity contribution in [2.45, 2.75) is 241 Å². The van der Waals surface area contributed by atoms with Crippen LogP contribution in [0.1, 0.15) is 221 Å². The fourth-order valence-corrected chi connectivity index (χ4v) is 9.50. The summed E-state index contributed by atoms with van der Waals surface area (Å²) >= 11 is 0. The largest absolute Gasteiger partial charge is 0.395 e. The van der Waals surface area contributed by atoms with Gasteiger partial charge < -0.3 is 23.8 Å². The molecule has 0 radical (unpaired) electrons. The predicted octanol–water partition coefficient (Wildman–Crippen LogP) is 14.4. The molecule has 0 aliphatic heterocycles. The van der Waals surface area contributed by atoms with Crippen molar-refractivity contribution in [3.63, 3.8) is 0 Å². The van der Waals surface area contributed by atoms with Gasteiger partial charge >= 0.3 is 8.56 Å². The minimum atomic E-state index is -2.32. The SMILES string of the molecule is CCCCCCCC/C=C\CCCCCCCC(OCCC(C)CCCC(C)CCCC(C)CCCC(C)C)O[Si](C)(C)OCCCCCCN(CCO)CCO. The molecule has 7 heteroatoms. The first-order chi connectivity index (χ1) is 27.5. The molecule has 0 saturated heterocycles. The summed E-state index contributed by atoms with van der Waals surface area (Å²) in [5, 5.41) is 18.5. The second-order valence-corrected chi connectivity index (χ2v) is 22.4. The van der Waals surface area contributed by atoms with E-state index in [1.807, 2.05) is 0 Å². The molecule has 4 atom stereocenters. The molecule has 0 aromatic carbocycles. The van der Waals surface area contributed by atoms with Gasteiger partial charge in [-0.25, -0.2) is 0 Å². The number of ether oxygens (including phenoxy) is 1. The van der Waals surface area contributed by atoms with Crippen LogP contribution < -0.4 is 0 Å². The first-order valence-electron chi connectivity index (χ1n) is 25.0. The second kappa shape index (κ2) is 41.1. The normalized spacial score (nSPS) is 14.7. The van der Waals surface area contributed by atoms with Crippen molar-refractivity contribution in [3.8, 4) is 0 Å². The highest BCUT2D eigenvalue weighted by atomic mass is 28.4. The molecule has 0 saturated carbocycles. The van der Waals surface area contributed by atoms with E-state index in [2.05, 4.69) is 71.7 Å². The van der Waals surface area contributed by atoms with Gasteiger partial charge in [0.1, 0.15) is 6.29 Å². The van der Waals surface area contributed by atoms with Crippen molar-refractivity contribution in [3.05, 3.63) is 12.2 Å². The van der Waals surface area contributed by atoms with Crippen LogP contribution in [0, 0.1) is 23.7 Å². The molecular formula is C50H103NO5Si. The Kier molecular flexibility index (Phi) is 40.9. The molecule has 0 amide bonds. The average molecular weight is 826 g/mol. The lowest BCUT2D eigenvalue weighted by Crippen LogP contribution is -2.40. The van der Waals surface area contributed by atoms with Gasteiger partial charge in [-0.05, 0) is 101 Å². The van der Waals surface area contributed by atoms with Crippen LogP contribution in [-0.2, 0) is 13.6 Å². The zero-order valence-electron chi connectivity index (χ0n) is 39.9. The lowest BCUT2D eigenvalue weighted by Gasteiger charge is -2.29. The standard InChI is InChI=1S/C50H103NO5Si/c1-9-10-11-12-13-14-15-16-17-18-19-20-21-22-25-37-50(56-57(7,8)55-44-27-24-23-26-39-51(40-42-52)41-43-53)54-45-38-49(6)36-30-35-48(5)34-29-33-47(4)32-28-31-46(2)3/h16-17,46-50,52-53H,9-15,18-45H2,1-8H3/b17-16-. The highest BCUT2D eigenvalue weighted by Crippen LogP contribution is 2.24. The summed E-state index contributed by atoms with van der Waals surface area (Å²) in [6.45, 7) is 22.7. The van der Waals surface area contributed by atoms with Crippen molar-refractivity contribution in [1.29, 1.82) is 0 Å². The zero-order chi connectivity index (χ0) is 42.2. The third-order valence-corrected chi connectivity index (χ3v) is 13.7. The van der Waals surface area contributed by atoms with Gasteiger partial charge in [-0.3, -0.25) is 4.90 Å². The third kappa shape index (κ3) is 40.9. The molecular weight excluding hydrogens is 723 g/mol. The van der Waals surface area contributed by atoms with E-state index in [9.17, 15) is 10.2 Å². The molecule has 0 aliphatic carbocycles. The average Bonchev–Trinajstić information content (AvgIpc) is 3.15. The monoisotopic (exact) mass is 826 g/mol. The van der Waals surface area contributed by atoms with Crippen molar-refractivity contribution >= 4 is 8.56 Å². The maximum Gasteiger partial charge on any atom is 0.333 e. The van der Waals surface area contributed by atoms with Crippen LogP contribution in [0.25, 0.3) is 0 Å². The number of hydrogen-bond acceptors (Lipinski definition) is 6. The first kappa shape index (κ1) is 56.7. The number of hydrogen-bond donors (Lipinski definition) is 2. The summed E-state index contributed by atoms with van der Waals surface area (Å²) in [6.07, 6.45) is 40.5. The van der Waals surface area contributed by atoms with Crippen molar-refractivity contribution in [1.82, 2.24) is 4.90 Å². The molecule has 0 aromatic heterocycles. The first-order valence-corrected chi connectivity index (χ1v) is 27.9. The van der Waals surface area contributed by atoms with E-state index in [1.54, 1.807) is 0 Å². The molecule has 0 bridgehead atoms. The minimum absolute atomic E-state index is 0.145. The van der Waals surface area contributed by atoms with Crippen LogP contribution in [0.15, 0.2) is 12.2 Å². The summed E-state index contributed by atoms with van der Waals surface area (Å²) in [5.41, 5.74) is 0. The molecule has 0 aliphatic rings. The number of allylic oxidation sites excluding steroid dienone is 2. The number of nitrogens with zero attached hydrogens (tertiary/aromatic N) is 1. The predicted molar refractivity (Wildman–Crippen MR) is 251 cm³/mol.